The number of hydrogen-bond acceptors (Lipinski definition) is 3. The molecular formula is C22H23BrN2O3. The Balaban J connectivity index is 1.51. The van der Waals surface area contributed by atoms with Crippen molar-refractivity contribution in [1.29, 1.82) is 0 Å². The zero-order valence-electron chi connectivity index (χ0n) is 15.5. The fourth-order valence-electron chi connectivity index (χ4n) is 3.59. The maximum atomic E-state index is 13.3. The highest BCUT2D eigenvalue weighted by Gasteiger charge is 2.41. The third-order valence-electron chi connectivity index (χ3n) is 5.50. The standard InChI is InChI=1S/C22H23BrN2O3/c23-17-5-3-16(4-6-17)22(11-13-28-14-12-22)21(27)25-19-7-1-15(2-8-19)20(26)24-18-9-10-18/h1-8,18H,9-14H2,(H,24,26)(H,25,27). The minimum absolute atomic E-state index is 0.0340. The van der Waals surface area contributed by atoms with Crippen molar-refractivity contribution < 1.29 is 14.3 Å². The largest absolute Gasteiger partial charge is 0.381 e. The number of rotatable bonds is 5. The topological polar surface area (TPSA) is 67.4 Å². The zero-order valence-corrected chi connectivity index (χ0v) is 17.1. The maximum absolute atomic E-state index is 13.3. The van der Waals surface area contributed by atoms with E-state index in [1.807, 2.05) is 24.3 Å². The van der Waals surface area contributed by atoms with Crippen LogP contribution in [0.1, 0.15) is 41.6 Å². The van der Waals surface area contributed by atoms with Gasteiger partial charge in [0.25, 0.3) is 5.91 Å². The van der Waals surface area contributed by atoms with Crippen molar-refractivity contribution in [1.82, 2.24) is 5.32 Å². The molecule has 2 aliphatic rings. The molecule has 28 heavy (non-hydrogen) atoms. The smallest absolute Gasteiger partial charge is 0.251 e. The van der Waals surface area contributed by atoms with Gasteiger partial charge in [-0.05, 0) is 67.6 Å². The molecule has 2 N–H and O–H groups in total. The molecule has 1 saturated heterocycles. The van der Waals surface area contributed by atoms with Gasteiger partial charge in [-0.15, -0.1) is 0 Å². The monoisotopic (exact) mass is 442 g/mol. The molecule has 1 aliphatic heterocycles. The molecule has 0 unspecified atom stereocenters. The van der Waals surface area contributed by atoms with E-state index in [0.717, 1.165) is 22.9 Å². The molecule has 0 atom stereocenters. The van der Waals surface area contributed by atoms with E-state index in [0.29, 0.717) is 43.3 Å². The normalized spacial score (nSPS) is 18.3. The van der Waals surface area contributed by atoms with Crippen molar-refractivity contribution >= 4 is 33.4 Å². The van der Waals surface area contributed by atoms with Gasteiger partial charge in [0.1, 0.15) is 0 Å². The van der Waals surface area contributed by atoms with Crippen molar-refractivity contribution in [3.8, 4) is 0 Å². The highest BCUT2D eigenvalue weighted by Crippen LogP contribution is 2.36. The third kappa shape index (κ3) is 4.13. The highest BCUT2D eigenvalue weighted by molar-refractivity contribution is 9.10. The molecule has 0 bridgehead atoms. The summed E-state index contributed by atoms with van der Waals surface area (Å²) in [7, 11) is 0. The predicted molar refractivity (Wildman–Crippen MR) is 111 cm³/mol. The Bertz CT molecular complexity index is 854. The van der Waals surface area contributed by atoms with E-state index in [1.54, 1.807) is 24.3 Å². The summed E-state index contributed by atoms with van der Waals surface area (Å²) in [5.41, 5.74) is 1.69. The molecule has 0 spiro atoms. The van der Waals surface area contributed by atoms with Gasteiger partial charge in [-0.1, -0.05) is 28.1 Å². The Labute approximate surface area is 173 Å². The number of carbonyl (C=O) groups is 2. The molecular weight excluding hydrogens is 420 g/mol. The van der Waals surface area contributed by atoms with E-state index < -0.39 is 5.41 Å². The van der Waals surface area contributed by atoms with Gasteiger partial charge in [0.05, 0.1) is 5.41 Å². The fraction of sp³-hybridized carbons (Fsp3) is 0.364. The summed E-state index contributed by atoms with van der Waals surface area (Å²) in [6.45, 7) is 1.12. The molecule has 2 fully saturated rings. The Hall–Kier alpha value is -2.18. The second-order valence-corrected chi connectivity index (χ2v) is 8.40. The van der Waals surface area contributed by atoms with Crippen molar-refractivity contribution in [2.75, 3.05) is 18.5 Å². The lowest BCUT2D eigenvalue weighted by Crippen LogP contribution is -2.44. The van der Waals surface area contributed by atoms with Gasteiger partial charge in [-0.25, -0.2) is 0 Å². The number of amides is 2. The number of benzene rings is 2. The van der Waals surface area contributed by atoms with Crippen molar-refractivity contribution in [2.24, 2.45) is 0 Å². The average Bonchev–Trinajstić information content (AvgIpc) is 3.53. The van der Waals surface area contributed by atoms with Crippen LogP contribution < -0.4 is 10.6 Å². The second-order valence-electron chi connectivity index (χ2n) is 7.48. The first-order valence-electron chi connectivity index (χ1n) is 9.63. The van der Waals surface area contributed by atoms with Crippen LogP contribution in [0.3, 0.4) is 0 Å². The van der Waals surface area contributed by atoms with Crippen LogP contribution in [0.4, 0.5) is 5.69 Å². The summed E-state index contributed by atoms with van der Waals surface area (Å²) in [6.07, 6.45) is 3.40. The molecule has 1 heterocycles. The number of nitrogens with one attached hydrogen (secondary N) is 2. The zero-order chi connectivity index (χ0) is 19.6. The van der Waals surface area contributed by atoms with Crippen molar-refractivity contribution in [2.45, 2.75) is 37.1 Å². The summed E-state index contributed by atoms with van der Waals surface area (Å²) in [6, 6.07) is 15.3. The lowest BCUT2D eigenvalue weighted by atomic mass is 9.73. The van der Waals surface area contributed by atoms with Gasteiger partial charge in [0.2, 0.25) is 5.91 Å². The van der Waals surface area contributed by atoms with Crippen LogP contribution in [0, 0.1) is 0 Å². The SMILES string of the molecule is O=C(NC1CC1)c1ccc(NC(=O)C2(c3ccc(Br)cc3)CCOCC2)cc1. The van der Waals surface area contributed by atoms with Crippen LogP contribution in [0.2, 0.25) is 0 Å². The number of carbonyl (C=O) groups excluding carboxylic acids is 2. The fourth-order valence-corrected chi connectivity index (χ4v) is 3.85. The molecule has 5 nitrogen and oxygen atoms in total. The lowest BCUT2D eigenvalue weighted by molar-refractivity contribution is -0.125. The first kappa shape index (κ1) is 19.2. The van der Waals surface area contributed by atoms with Crippen LogP contribution in [0.15, 0.2) is 53.0 Å². The minimum Gasteiger partial charge on any atom is -0.381 e. The minimum atomic E-state index is -0.610. The van der Waals surface area contributed by atoms with Gasteiger partial charge in [-0.3, -0.25) is 9.59 Å². The van der Waals surface area contributed by atoms with Crippen LogP contribution in [0.5, 0.6) is 0 Å². The van der Waals surface area contributed by atoms with Crippen molar-refractivity contribution in [3.05, 3.63) is 64.1 Å². The van der Waals surface area contributed by atoms with E-state index in [4.69, 9.17) is 4.74 Å². The number of hydrogen-bond donors (Lipinski definition) is 2. The number of halogens is 1. The van der Waals surface area contributed by atoms with Crippen LogP contribution >= 0.6 is 15.9 Å². The molecule has 1 aliphatic carbocycles. The van der Waals surface area contributed by atoms with Crippen molar-refractivity contribution in [3.63, 3.8) is 0 Å². The van der Waals surface area contributed by atoms with Crippen LogP contribution in [-0.4, -0.2) is 31.1 Å². The van der Waals surface area contributed by atoms with Crippen LogP contribution in [-0.2, 0) is 14.9 Å². The molecule has 6 heteroatoms. The van der Waals surface area contributed by atoms with E-state index in [2.05, 4.69) is 26.6 Å². The van der Waals surface area contributed by atoms with E-state index in [1.165, 1.54) is 0 Å². The van der Waals surface area contributed by atoms with E-state index in [9.17, 15) is 9.59 Å². The van der Waals surface area contributed by atoms with Gasteiger partial charge in [0, 0.05) is 35.0 Å². The number of ether oxygens (including phenoxy) is 1. The lowest BCUT2D eigenvalue weighted by Gasteiger charge is -2.36. The molecule has 2 aromatic carbocycles. The Morgan fingerprint density at radius 1 is 0.964 bits per heavy atom. The Morgan fingerprint density at radius 3 is 2.21 bits per heavy atom. The first-order chi connectivity index (χ1) is 13.6. The van der Waals surface area contributed by atoms with Crippen LogP contribution in [0.25, 0.3) is 0 Å². The summed E-state index contributed by atoms with van der Waals surface area (Å²) in [4.78, 5) is 25.4. The summed E-state index contributed by atoms with van der Waals surface area (Å²) in [5, 5.41) is 6.02. The molecule has 2 aromatic rings. The molecule has 0 aromatic heterocycles. The molecule has 146 valence electrons. The van der Waals surface area contributed by atoms with E-state index in [-0.39, 0.29) is 11.8 Å². The summed E-state index contributed by atoms with van der Waals surface area (Å²) < 4.78 is 6.50. The van der Waals surface area contributed by atoms with Gasteiger partial charge in [0.15, 0.2) is 0 Å². The van der Waals surface area contributed by atoms with E-state index >= 15 is 0 Å². The Kier molecular flexibility index (Phi) is 5.51. The highest BCUT2D eigenvalue weighted by atomic mass is 79.9. The second kappa shape index (κ2) is 8.05. The maximum Gasteiger partial charge on any atom is 0.251 e. The summed E-state index contributed by atoms with van der Waals surface area (Å²) >= 11 is 3.46. The third-order valence-corrected chi connectivity index (χ3v) is 6.02. The molecule has 1 saturated carbocycles. The quantitative estimate of drug-likeness (QED) is 0.734. The average molecular weight is 443 g/mol. The Morgan fingerprint density at radius 2 is 1.61 bits per heavy atom. The molecule has 4 rings (SSSR count). The molecule has 0 radical (unpaired) electrons. The van der Waals surface area contributed by atoms with Gasteiger partial charge >= 0.3 is 0 Å². The van der Waals surface area contributed by atoms with Gasteiger partial charge in [-0.2, -0.15) is 0 Å². The summed E-state index contributed by atoms with van der Waals surface area (Å²) in [5.74, 6) is -0.0931. The molecule has 2 amide bonds. The first-order valence-corrected chi connectivity index (χ1v) is 10.4. The van der Waals surface area contributed by atoms with Gasteiger partial charge < -0.3 is 15.4 Å². The number of anilines is 1. The predicted octanol–water partition coefficient (Wildman–Crippen LogP) is 4.03.